The number of benzene rings is 2. The van der Waals surface area contributed by atoms with Gasteiger partial charge >= 0.3 is 0 Å². The molecule has 6 nitrogen and oxygen atoms in total. The number of oxazole rings is 1. The molecule has 5 rings (SSSR count). The molecular weight excluding hydrogens is 304 g/mol. The summed E-state index contributed by atoms with van der Waals surface area (Å²) in [7, 11) is 0. The van der Waals surface area contributed by atoms with Crippen molar-refractivity contribution in [2.75, 3.05) is 12.3 Å². The molecule has 2 aromatic carbocycles. The third kappa shape index (κ3) is 1.76. The normalized spacial score (nSPS) is 14.1. The van der Waals surface area contributed by atoms with E-state index in [4.69, 9.17) is 10.2 Å². The van der Waals surface area contributed by atoms with Crippen molar-refractivity contribution in [2.45, 2.75) is 6.54 Å². The summed E-state index contributed by atoms with van der Waals surface area (Å²) in [6.07, 6.45) is 0. The van der Waals surface area contributed by atoms with E-state index in [1.807, 2.05) is 41.0 Å². The number of hydrogen-bond donors (Lipinski definition) is 2. The minimum atomic E-state index is -0.0337. The molecule has 118 valence electrons. The van der Waals surface area contributed by atoms with Gasteiger partial charge in [-0.1, -0.05) is 12.1 Å². The van der Waals surface area contributed by atoms with E-state index in [1.165, 1.54) is 0 Å². The maximum atomic E-state index is 12.0. The number of nitrogens with zero attached hydrogens (tertiary/aromatic N) is 2. The number of carbonyl (C=O) groups is 1. The third-order valence-corrected chi connectivity index (χ3v) is 4.45. The van der Waals surface area contributed by atoms with E-state index in [9.17, 15) is 4.79 Å². The van der Waals surface area contributed by atoms with Gasteiger partial charge in [-0.15, -0.1) is 0 Å². The number of anilines is 1. The van der Waals surface area contributed by atoms with E-state index in [0.717, 1.165) is 23.0 Å². The summed E-state index contributed by atoms with van der Waals surface area (Å²) in [5.74, 6) is 0.495. The van der Waals surface area contributed by atoms with Crippen LogP contribution in [0.5, 0.6) is 0 Å². The molecule has 2 aromatic heterocycles. The highest BCUT2D eigenvalue weighted by Gasteiger charge is 2.20. The van der Waals surface area contributed by atoms with Crippen LogP contribution in [0.4, 0.5) is 5.69 Å². The van der Waals surface area contributed by atoms with Gasteiger partial charge < -0.3 is 20.0 Å². The Labute approximate surface area is 136 Å². The molecule has 0 unspecified atom stereocenters. The van der Waals surface area contributed by atoms with Crippen LogP contribution in [0.3, 0.4) is 0 Å². The second kappa shape index (κ2) is 4.61. The summed E-state index contributed by atoms with van der Waals surface area (Å²) in [4.78, 5) is 16.5. The minimum absolute atomic E-state index is 0.0337. The van der Waals surface area contributed by atoms with Crippen molar-refractivity contribution >= 4 is 33.6 Å². The van der Waals surface area contributed by atoms with Crippen LogP contribution in [0.15, 0.2) is 46.9 Å². The maximum Gasteiger partial charge on any atom is 0.268 e. The van der Waals surface area contributed by atoms with E-state index in [0.29, 0.717) is 34.9 Å². The SMILES string of the molecule is Nc1cccc2oc(-c3ccc4cc5n(c4c3)CCNC5=O)nc12. The first-order valence-corrected chi connectivity index (χ1v) is 7.77. The molecule has 3 heterocycles. The molecule has 3 N–H and O–H groups in total. The van der Waals surface area contributed by atoms with Gasteiger partial charge in [-0.25, -0.2) is 4.98 Å². The summed E-state index contributed by atoms with van der Waals surface area (Å²) >= 11 is 0. The van der Waals surface area contributed by atoms with Crippen LogP contribution < -0.4 is 11.1 Å². The van der Waals surface area contributed by atoms with Gasteiger partial charge in [0.2, 0.25) is 5.89 Å². The Hall–Kier alpha value is -3.28. The van der Waals surface area contributed by atoms with Crippen molar-refractivity contribution in [1.29, 1.82) is 0 Å². The Balaban J connectivity index is 1.71. The predicted molar refractivity (Wildman–Crippen MR) is 91.7 cm³/mol. The van der Waals surface area contributed by atoms with Gasteiger partial charge in [0.1, 0.15) is 11.2 Å². The second-order valence-electron chi connectivity index (χ2n) is 5.92. The first-order valence-electron chi connectivity index (χ1n) is 7.77. The number of aromatic nitrogens is 2. The molecule has 0 atom stereocenters. The van der Waals surface area contributed by atoms with Crippen molar-refractivity contribution in [2.24, 2.45) is 0 Å². The monoisotopic (exact) mass is 318 g/mol. The van der Waals surface area contributed by atoms with Crippen LogP contribution in [-0.2, 0) is 6.54 Å². The lowest BCUT2D eigenvalue weighted by Crippen LogP contribution is -2.34. The summed E-state index contributed by atoms with van der Waals surface area (Å²) in [6, 6.07) is 13.4. The second-order valence-corrected chi connectivity index (χ2v) is 5.92. The number of nitrogens with one attached hydrogen (secondary N) is 1. The van der Waals surface area contributed by atoms with Crippen LogP contribution in [0, 0.1) is 0 Å². The van der Waals surface area contributed by atoms with Gasteiger partial charge in [0, 0.05) is 29.6 Å². The Bertz CT molecular complexity index is 1120. The molecule has 0 saturated heterocycles. The molecule has 0 saturated carbocycles. The number of nitrogen functional groups attached to an aromatic ring is 1. The zero-order valence-corrected chi connectivity index (χ0v) is 12.7. The lowest BCUT2D eigenvalue weighted by atomic mass is 10.1. The van der Waals surface area contributed by atoms with Crippen LogP contribution >= 0.6 is 0 Å². The molecular formula is C18H14N4O2. The molecule has 6 heteroatoms. The van der Waals surface area contributed by atoms with Crippen molar-refractivity contribution in [1.82, 2.24) is 14.9 Å². The minimum Gasteiger partial charge on any atom is -0.436 e. The molecule has 1 aliphatic heterocycles. The number of amides is 1. The van der Waals surface area contributed by atoms with Crippen molar-refractivity contribution in [3.8, 4) is 11.5 Å². The Morgan fingerprint density at radius 2 is 2.12 bits per heavy atom. The lowest BCUT2D eigenvalue weighted by Gasteiger charge is -2.16. The summed E-state index contributed by atoms with van der Waals surface area (Å²) in [5.41, 5.74) is 10.5. The van der Waals surface area contributed by atoms with Crippen LogP contribution in [0.25, 0.3) is 33.5 Å². The largest absolute Gasteiger partial charge is 0.436 e. The fourth-order valence-electron chi connectivity index (χ4n) is 3.28. The van der Waals surface area contributed by atoms with Crippen molar-refractivity contribution < 1.29 is 9.21 Å². The van der Waals surface area contributed by atoms with Gasteiger partial charge in [-0.2, -0.15) is 0 Å². The Kier molecular flexibility index (Phi) is 2.53. The first kappa shape index (κ1) is 13.2. The first-order chi connectivity index (χ1) is 11.7. The number of hydrogen-bond acceptors (Lipinski definition) is 4. The molecule has 4 aromatic rings. The molecule has 0 spiro atoms. The molecule has 0 radical (unpaired) electrons. The average molecular weight is 318 g/mol. The zero-order valence-electron chi connectivity index (χ0n) is 12.7. The Morgan fingerprint density at radius 1 is 1.21 bits per heavy atom. The predicted octanol–water partition coefficient (Wildman–Crippen LogP) is 2.78. The number of fused-ring (bicyclic) bond motifs is 4. The highest BCUT2D eigenvalue weighted by molar-refractivity contribution is 6.00. The quantitative estimate of drug-likeness (QED) is 0.528. The van der Waals surface area contributed by atoms with Crippen LogP contribution in [-0.4, -0.2) is 22.0 Å². The molecule has 1 amide bonds. The van der Waals surface area contributed by atoms with E-state index < -0.39 is 0 Å². The lowest BCUT2D eigenvalue weighted by molar-refractivity contribution is 0.0929. The third-order valence-electron chi connectivity index (χ3n) is 4.45. The number of rotatable bonds is 1. The van der Waals surface area contributed by atoms with E-state index >= 15 is 0 Å². The smallest absolute Gasteiger partial charge is 0.268 e. The number of carbonyl (C=O) groups excluding carboxylic acids is 1. The highest BCUT2D eigenvalue weighted by Crippen LogP contribution is 2.30. The fourth-order valence-corrected chi connectivity index (χ4v) is 3.28. The standard InChI is InChI=1S/C18H14N4O2/c19-12-2-1-3-15-16(12)21-18(24-15)11-5-4-10-8-14-17(23)20-6-7-22(14)13(10)9-11/h1-5,8-9H,6-7,19H2,(H,20,23). The molecule has 0 fully saturated rings. The van der Waals surface area contributed by atoms with E-state index in [1.54, 1.807) is 6.07 Å². The van der Waals surface area contributed by atoms with E-state index in [2.05, 4.69) is 10.3 Å². The number of nitrogens with two attached hydrogens (primary N) is 1. The van der Waals surface area contributed by atoms with Gasteiger partial charge in [0.15, 0.2) is 5.58 Å². The van der Waals surface area contributed by atoms with Gasteiger partial charge in [0.25, 0.3) is 5.91 Å². The summed E-state index contributed by atoms with van der Waals surface area (Å²) in [6.45, 7) is 1.40. The summed E-state index contributed by atoms with van der Waals surface area (Å²) < 4.78 is 7.88. The van der Waals surface area contributed by atoms with Crippen LogP contribution in [0.2, 0.25) is 0 Å². The van der Waals surface area contributed by atoms with Crippen molar-refractivity contribution in [3.05, 3.63) is 48.2 Å². The fraction of sp³-hybridized carbons (Fsp3) is 0.111. The average Bonchev–Trinajstić information content (AvgIpc) is 3.17. The molecule has 24 heavy (non-hydrogen) atoms. The Morgan fingerprint density at radius 3 is 3.00 bits per heavy atom. The molecule has 0 bridgehead atoms. The van der Waals surface area contributed by atoms with Gasteiger partial charge in [-0.05, 0) is 30.3 Å². The van der Waals surface area contributed by atoms with Crippen LogP contribution in [0.1, 0.15) is 10.5 Å². The molecule has 0 aliphatic carbocycles. The number of para-hydroxylation sites is 1. The maximum absolute atomic E-state index is 12.0. The zero-order chi connectivity index (χ0) is 16.3. The van der Waals surface area contributed by atoms with E-state index in [-0.39, 0.29) is 5.91 Å². The molecule has 1 aliphatic rings. The topological polar surface area (TPSA) is 86.1 Å². The van der Waals surface area contributed by atoms with Gasteiger partial charge in [-0.3, -0.25) is 4.79 Å². The highest BCUT2D eigenvalue weighted by atomic mass is 16.3. The summed E-state index contributed by atoms with van der Waals surface area (Å²) in [5, 5.41) is 3.89. The van der Waals surface area contributed by atoms with Gasteiger partial charge in [0.05, 0.1) is 5.69 Å². The van der Waals surface area contributed by atoms with Crippen molar-refractivity contribution in [3.63, 3.8) is 0 Å².